The molecule has 1 aromatic rings. The number of carbonyl (C=O) groups excluding carboxylic acids is 2. The number of hydrogen-bond acceptors (Lipinski definition) is 5. The third-order valence-electron chi connectivity index (χ3n) is 6.24. The van der Waals surface area contributed by atoms with Crippen LogP contribution in [0.15, 0.2) is 23.2 Å². The molecule has 3 fully saturated rings. The Bertz CT molecular complexity index is 850. The third-order valence-corrected chi connectivity index (χ3v) is 7.93. The van der Waals surface area contributed by atoms with E-state index >= 15 is 0 Å². The molecular formula is C22H29N3O3S. The Balaban J connectivity index is 1.63. The Morgan fingerprint density at radius 2 is 2.03 bits per heavy atom. The molecule has 1 aliphatic heterocycles. The summed E-state index contributed by atoms with van der Waals surface area (Å²) in [5, 5.41) is 3.93. The minimum Gasteiger partial charge on any atom is -0.465 e. The summed E-state index contributed by atoms with van der Waals surface area (Å²) in [6, 6.07) is 6.17. The molecule has 2 saturated carbocycles. The van der Waals surface area contributed by atoms with Gasteiger partial charge in [-0.1, -0.05) is 37.1 Å². The molecule has 2 aliphatic carbocycles. The van der Waals surface area contributed by atoms with E-state index in [-0.39, 0.29) is 10.7 Å². The van der Waals surface area contributed by atoms with Crippen LogP contribution >= 0.6 is 11.8 Å². The molecule has 2 unspecified atom stereocenters. The molecule has 0 aromatic heterocycles. The van der Waals surface area contributed by atoms with Crippen molar-refractivity contribution in [2.45, 2.75) is 56.2 Å². The average molecular weight is 416 g/mol. The Morgan fingerprint density at radius 3 is 2.72 bits per heavy atom. The van der Waals surface area contributed by atoms with Gasteiger partial charge in [0.1, 0.15) is 0 Å². The molecule has 156 valence electrons. The summed E-state index contributed by atoms with van der Waals surface area (Å²) in [4.78, 5) is 31.2. The Morgan fingerprint density at radius 1 is 1.28 bits per heavy atom. The third kappa shape index (κ3) is 4.02. The van der Waals surface area contributed by atoms with Gasteiger partial charge in [-0.2, -0.15) is 0 Å². The second kappa shape index (κ2) is 8.01. The lowest BCUT2D eigenvalue weighted by Crippen LogP contribution is -2.35. The van der Waals surface area contributed by atoms with Crippen molar-refractivity contribution in [1.82, 2.24) is 4.90 Å². The maximum absolute atomic E-state index is 12.1. The van der Waals surface area contributed by atoms with Crippen LogP contribution in [0.2, 0.25) is 0 Å². The highest BCUT2D eigenvalue weighted by Gasteiger charge is 2.60. The Kier molecular flexibility index (Phi) is 5.60. The molecule has 3 aliphatic rings. The first-order valence-electron chi connectivity index (χ1n) is 10.4. The number of rotatable bonds is 4. The molecule has 4 rings (SSSR count). The van der Waals surface area contributed by atoms with Gasteiger partial charge in [0.05, 0.1) is 29.1 Å². The van der Waals surface area contributed by atoms with Gasteiger partial charge >= 0.3 is 5.97 Å². The molecule has 0 spiro atoms. The first-order valence-corrected chi connectivity index (χ1v) is 11.2. The topological polar surface area (TPSA) is 71.0 Å². The minimum absolute atomic E-state index is 0.0120. The van der Waals surface area contributed by atoms with Crippen LogP contribution in [0, 0.1) is 5.92 Å². The van der Waals surface area contributed by atoms with Crippen molar-refractivity contribution >= 4 is 34.5 Å². The molecule has 29 heavy (non-hydrogen) atoms. The number of hydrogen-bond donors (Lipinski definition) is 1. The van der Waals surface area contributed by atoms with Gasteiger partial charge in [0.25, 0.3) is 0 Å². The summed E-state index contributed by atoms with van der Waals surface area (Å²) in [5.41, 5.74) is 2.05. The van der Waals surface area contributed by atoms with Crippen LogP contribution in [0.3, 0.4) is 0 Å². The van der Waals surface area contributed by atoms with E-state index in [1.165, 1.54) is 46.1 Å². The summed E-state index contributed by atoms with van der Waals surface area (Å²) in [6.07, 6.45) is 7.35. The summed E-state index contributed by atoms with van der Waals surface area (Å²) in [6.45, 7) is 2.44. The number of thioether (sulfide) groups is 1. The second-order valence-electron chi connectivity index (χ2n) is 8.41. The summed E-state index contributed by atoms with van der Waals surface area (Å²) >= 11 is 1.86. The van der Waals surface area contributed by atoms with Crippen molar-refractivity contribution in [3.05, 3.63) is 29.3 Å². The molecule has 1 N–H and O–H groups in total. The van der Waals surface area contributed by atoms with Crippen molar-refractivity contribution < 1.29 is 14.3 Å². The quantitative estimate of drug-likeness (QED) is 0.752. The zero-order chi connectivity index (χ0) is 20.6. The highest BCUT2D eigenvalue weighted by atomic mass is 32.2. The fraction of sp³-hybridized carbons (Fsp3) is 0.591. The number of amides is 1. The molecule has 6 nitrogen and oxygen atoms in total. The molecule has 1 aromatic carbocycles. The minimum atomic E-state index is -0.444. The summed E-state index contributed by atoms with van der Waals surface area (Å²) in [7, 11) is 3.49. The maximum Gasteiger partial charge on any atom is 0.339 e. The van der Waals surface area contributed by atoms with E-state index in [2.05, 4.69) is 17.3 Å². The lowest BCUT2D eigenvalue weighted by atomic mass is 9.96. The number of esters is 1. The molecular weight excluding hydrogens is 386 g/mol. The second-order valence-corrected chi connectivity index (χ2v) is 9.71. The van der Waals surface area contributed by atoms with Crippen LogP contribution in [-0.2, 0) is 14.3 Å². The first kappa shape index (κ1) is 20.3. The van der Waals surface area contributed by atoms with E-state index < -0.39 is 5.97 Å². The van der Waals surface area contributed by atoms with Gasteiger partial charge in [-0.3, -0.25) is 9.79 Å². The van der Waals surface area contributed by atoms with Gasteiger partial charge in [-0.25, -0.2) is 4.79 Å². The van der Waals surface area contributed by atoms with Crippen molar-refractivity contribution in [3.8, 4) is 0 Å². The van der Waals surface area contributed by atoms with Crippen LogP contribution in [0.4, 0.5) is 5.69 Å². The first-order chi connectivity index (χ1) is 13.9. The molecule has 7 heteroatoms. The number of carbonyl (C=O) groups is 2. The zero-order valence-corrected chi connectivity index (χ0v) is 18.2. The molecule has 2 atom stereocenters. The van der Waals surface area contributed by atoms with E-state index in [1.54, 1.807) is 6.07 Å². The highest BCUT2D eigenvalue weighted by Crippen LogP contribution is 2.65. The van der Waals surface area contributed by atoms with Crippen molar-refractivity contribution in [1.29, 1.82) is 0 Å². The number of ether oxygens (including phenoxy) is 1. The molecule has 0 bridgehead atoms. The lowest BCUT2D eigenvalue weighted by Gasteiger charge is -2.33. The van der Waals surface area contributed by atoms with Crippen LogP contribution in [0.25, 0.3) is 0 Å². The van der Waals surface area contributed by atoms with E-state index in [1.807, 2.05) is 23.9 Å². The monoisotopic (exact) mass is 415 g/mol. The number of anilines is 1. The fourth-order valence-electron chi connectivity index (χ4n) is 4.59. The van der Waals surface area contributed by atoms with Crippen LogP contribution in [-0.4, -0.2) is 48.7 Å². The van der Waals surface area contributed by atoms with Gasteiger partial charge in [0.2, 0.25) is 5.91 Å². The van der Waals surface area contributed by atoms with Gasteiger partial charge in [0, 0.05) is 20.5 Å². The normalized spacial score (nSPS) is 28.0. The largest absolute Gasteiger partial charge is 0.465 e. The fourth-order valence-corrected chi connectivity index (χ4v) is 6.11. The number of benzene rings is 1. The number of nitrogens with one attached hydrogen (secondary N) is 1. The van der Waals surface area contributed by atoms with E-state index in [0.717, 1.165) is 23.7 Å². The van der Waals surface area contributed by atoms with Crippen molar-refractivity contribution in [2.24, 2.45) is 10.9 Å². The van der Waals surface area contributed by atoms with Gasteiger partial charge in [-0.15, -0.1) is 0 Å². The van der Waals surface area contributed by atoms with Gasteiger partial charge in [-0.05, 0) is 42.9 Å². The molecule has 0 radical (unpaired) electrons. The number of methoxy groups -OCH3 is 1. The zero-order valence-electron chi connectivity index (χ0n) is 17.4. The predicted molar refractivity (Wildman–Crippen MR) is 116 cm³/mol. The van der Waals surface area contributed by atoms with Crippen molar-refractivity contribution in [3.63, 3.8) is 0 Å². The van der Waals surface area contributed by atoms with Crippen LogP contribution < -0.4 is 5.32 Å². The lowest BCUT2D eigenvalue weighted by molar-refractivity contribution is -0.114. The van der Waals surface area contributed by atoms with Crippen LogP contribution in [0.1, 0.15) is 61.4 Å². The number of aliphatic imine (C=N–C) groups is 1. The van der Waals surface area contributed by atoms with Crippen LogP contribution in [0.5, 0.6) is 0 Å². The summed E-state index contributed by atoms with van der Waals surface area (Å²) in [5.74, 6) is -0.0922. The Hall–Kier alpha value is -2.02. The highest BCUT2D eigenvalue weighted by molar-refractivity contribution is 8.14. The number of fused-ring (bicyclic) bond motifs is 1. The smallest absolute Gasteiger partial charge is 0.339 e. The van der Waals surface area contributed by atoms with E-state index in [0.29, 0.717) is 23.2 Å². The standard InChI is InChI=1S/C22H29N3O3S/c1-14(26)23-19-11-15(9-10-18(19)20(27)28-3)22-12-16(22)13-25(2)21(29-22)24-17-7-5-4-6-8-17/h9-11,16-17H,4-8,12-13H2,1-3H3,(H,23,26). The van der Waals surface area contributed by atoms with Gasteiger partial charge < -0.3 is 15.0 Å². The number of nitrogens with zero attached hydrogens (tertiary/aromatic N) is 2. The summed E-state index contributed by atoms with van der Waals surface area (Å²) < 4.78 is 4.86. The Labute approximate surface area is 176 Å². The van der Waals surface area contributed by atoms with E-state index in [4.69, 9.17) is 9.73 Å². The predicted octanol–water partition coefficient (Wildman–Crippen LogP) is 4.01. The number of amidine groups is 1. The van der Waals surface area contributed by atoms with Crippen molar-refractivity contribution in [2.75, 3.05) is 26.0 Å². The van der Waals surface area contributed by atoms with E-state index in [9.17, 15) is 9.59 Å². The molecule has 1 amide bonds. The van der Waals surface area contributed by atoms with Gasteiger partial charge in [0.15, 0.2) is 5.17 Å². The molecule has 1 saturated heterocycles. The SMILES string of the molecule is COC(=O)c1ccc(C23CC2CN(C)C(=NC2CCCCC2)S3)cc1NC(C)=O. The molecule has 1 heterocycles. The maximum atomic E-state index is 12.1. The average Bonchev–Trinajstić information content (AvgIpc) is 3.42.